The Bertz CT molecular complexity index is 808. The summed E-state index contributed by atoms with van der Waals surface area (Å²) in [5.74, 6) is 0.763. The first-order valence-electron chi connectivity index (χ1n) is 7.47. The zero-order valence-electron chi connectivity index (χ0n) is 13.2. The molecule has 1 amide bonds. The minimum absolute atomic E-state index is 0.0145. The molecule has 0 radical (unpaired) electrons. The highest BCUT2D eigenvalue weighted by Crippen LogP contribution is 2.22. The second kappa shape index (κ2) is 5.84. The summed E-state index contributed by atoms with van der Waals surface area (Å²) in [6, 6.07) is 3.78. The van der Waals surface area contributed by atoms with Crippen molar-refractivity contribution in [2.75, 3.05) is 25.1 Å². The van der Waals surface area contributed by atoms with Crippen LogP contribution in [0.4, 0.5) is 0 Å². The van der Waals surface area contributed by atoms with E-state index in [1.54, 1.807) is 22.8 Å². The fourth-order valence-corrected chi connectivity index (χ4v) is 4.24. The number of aryl methyl sites for hydroxylation is 1. The lowest BCUT2D eigenvalue weighted by Crippen LogP contribution is -2.30. The van der Waals surface area contributed by atoms with E-state index in [2.05, 4.69) is 5.10 Å². The zero-order chi connectivity index (χ0) is 16.6. The normalized spacial score (nSPS) is 18.5. The minimum atomic E-state index is -3.02. The maximum atomic E-state index is 12.8. The summed E-state index contributed by atoms with van der Waals surface area (Å²) in [5.41, 5.74) is 0.531. The Kier molecular flexibility index (Phi) is 4.01. The first-order valence-corrected chi connectivity index (χ1v) is 9.53. The van der Waals surface area contributed by atoms with Gasteiger partial charge in [-0.1, -0.05) is 0 Å². The number of carbonyl (C=O) groups excluding carboxylic acids is 1. The van der Waals surface area contributed by atoms with Crippen molar-refractivity contribution in [3.05, 3.63) is 36.3 Å². The van der Waals surface area contributed by atoms with Gasteiger partial charge >= 0.3 is 0 Å². The summed E-state index contributed by atoms with van der Waals surface area (Å²) < 4.78 is 26.4. The van der Waals surface area contributed by atoms with Crippen LogP contribution in [0.5, 0.6) is 0 Å². The fourth-order valence-electron chi connectivity index (χ4n) is 3.12. The SMILES string of the molecule is Cn1ncc(C(=O)N2CCC(CS(C)(=O)=O)C2)c1-n1cccc1. The van der Waals surface area contributed by atoms with Gasteiger partial charge in [-0.15, -0.1) is 0 Å². The summed E-state index contributed by atoms with van der Waals surface area (Å²) in [6.07, 6.45) is 7.26. The van der Waals surface area contributed by atoms with Gasteiger partial charge in [0.15, 0.2) is 0 Å². The van der Waals surface area contributed by atoms with Crippen molar-refractivity contribution in [1.82, 2.24) is 19.2 Å². The molecular weight excluding hydrogens is 316 g/mol. The summed E-state index contributed by atoms with van der Waals surface area (Å²) in [4.78, 5) is 14.5. The molecule has 0 aliphatic carbocycles. The molecule has 0 saturated carbocycles. The van der Waals surface area contributed by atoms with Gasteiger partial charge in [-0.05, 0) is 24.5 Å². The molecule has 3 heterocycles. The summed E-state index contributed by atoms with van der Waals surface area (Å²) in [7, 11) is -1.23. The van der Waals surface area contributed by atoms with Crippen LogP contribution >= 0.6 is 0 Å². The van der Waals surface area contributed by atoms with Crippen molar-refractivity contribution >= 4 is 15.7 Å². The monoisotopic (exact) mass is 336 g/mol. The molecule has 2 aromatic heterocycles. The number of likely N-dealkylation sites (tertiary alicyclic amines) is 1. The second-order valence-corrected chi connectivity index (χ2v) is 8.28. The van der Waals surface area contributed by atoms with Crippen molar-refractivity contribution in [1.29, 1.82) is 0 Å². The van der Waals surface area contributed by atoms with Crippen LogP contribution in [0.1, 0.15) is 16.8 Å². The maximum absolute atomic E-state index is 12.8. The van der Waals surface area contributed by atoms with Crippen LogP contribution < -0.4 is 0 Å². The Morgan fingerprint density at radius 3 is 2.70 bits per heavy atom. The van der Waals surface area contributed by atoms with Gasteiger partial charge in [0.05, 0.1) is 11.9 Å². The highest BCUT2D eigenvalue weighted by Gasteiger charge is 2.31. The van der Waals surface area contributed by atoms with Crippen LogP contribution in [0.3, 0.4) is 0 Å². The van der Waals surface area contributed by atoms with Crippen LogP contribution in [0.2, 0.25) is 0 Å². The zero-order valence-corrected chi connectivity index (χ0v) is 14.0. The lowest BCUT2D eigenvalue weighted by atomic mass is 10.2. The van der Waals surface area contributed by atoms with Crippen molar-refractivity contribution < 1.29 is 13.2 Å². The molecule has 1 atom stereocenters. The largest absolute Gasteiger partial charge is 0.338 e. The first-order chi connectivity index (χ1) is 10.8. The molecule has 0 bridgehead atoms. The number of amides is 1. The van der Waals surface area contributed by atoms with Crippen molar-refractivity contribution in [3.8, 4) is 5.82 Å². The molecule has 124 valence electrons. The standard InChI is InChI=1S/C15H20N4O3S/c1-17-14(18-6-3-4-7-18)13(9-16-17)15(20)19-8-5-12(10-19)11-23(2,21)22/h3-4,6-7,9,12H,5,8,10-11H2,1-2H3. The molecular formula is C15H20N4O3S. The number of aromatic nitrogens is 3. The third kappa shape index (κ3) is 3.31. The summed E-state index contributed by atoms with van der Waals surface area (Å²) in [6.45, 7) is 1.06. The van der Waals surface area contributed by atoms with E-state index in [1.807, 2.05) is 29.1 Å². The van der Waals surface area contributed by atoms with E-state index < -0.39 is 9.84 Å². The van der Waals surface area contributed by atoms with E-state index in [9.17, 15) is 13.2 Å². The Morgan fingerprint density at radius 2 is 2.04 bits per heavy atom. The van der Waals surface area contributed by atoms with Gasteiger partial charge in [0, 0.05) is 38.8 Å². The Morgan fingerprint density at radius 1 is 1.35 bits per heavy atom. The predicted molar refractivity (Wildman–Crippen MR) is 86.3 cm³/mol. The van der Waals surface area contributed by atoms with Crippen LogP contribution in [0.15, 0.2) is 30.7 Å². The summed E-state index contributed by atoms with van der Waals surface area (Å²) >= 11 is 0. The number of hydrogen-bond donors (Lipinski definition) is 0. The lowest BCUT2D eigenvalue weighted by Gasteiger charge is -2.17. The number of hydrogen-bond acceptors (Lipinski definition) is 4. The quantitative estimate of drug-likeness (QED) is 0.824. The summed E-state index contributed by atoms with van der Waals surface area (Å²) in [5, 5.41) is 4.20. The van der Waals surface area contributed by atoms with E-state index in [1.165, 1.54) is 6.26 Å². The molecule has 1 aliphatic heterocycles. The second-order valence-electron chi connectivity index (χ2n) is 6.09. The van der Waals surface area contributed by atoms with E-state index in [4.69, 9.17) is 0 Å². The third-order valence-electron chi connectivity index (χ3n) is 4.10. The van der Waals surface area contributed by atoms with E-state index in [0.717, 1.165) is 6.42 Å². The highest BCUT2D eigenvalue weighted by molar-refractivity contribution is 7.90. The molecule has 3 rings (SSSR count). The van der Waals surface area contributed by atoms with Crippen LogP contribution in [-0.4, -0.2) is 58.7 Å². The molecule has 0 aromatic carbocycles. The predicted octanol–water partition coefficient (Wildman–Crippen LogP) is 0.718. The minimum Gasteiger partial charge on any atom is -0.338 e. The van der Waals surface area contributed by atoms with Gasteiger partial charge in [0.2, 0.25) is 0 Å². The van der Waals surface area contributed by atoms with Crippen LogP contribution in [0, 0.1) is 5.92 Å². The molecule has 8 heteroatoms. The van der Waals surface area contributed by atoms with Gasteiger partial charge in [-0.2, -0.15) is 5.10 Å². The molecule has 23 heavy (non-hydrogen) atoms. The van der Waals surface area contributed by atoms with Crippen LogP contribution in [-0.2, 0) is 16.9 Å². The number of sulfone groups is 1. The molecule has 0 spiro atoms. The topological polar surface area (TPSA) is 77.2 Å². The Labute approximate surface area is 135 Å². The third-order valence-corrected chi connectivity index (χ3v) is 5.18. The number of nitrogens with zero attached hydrogens (tertiary/aromatic N) is 4. The fraction of sp³-hybridized carbons (Fsp3) is 0.467. The van der Waals surface area contributed by atoms with Crippen molar-refractivity contribution in [2.45, 2.75) is 6.42 Å². The molecule has 0 N–H and O–H groups in total. The van der Waals surface area contributed by atoms with Crippen molar-refractivity contribution in [3.63, 3.8) is 0 Å². The van der Waals surface area contributed by atoms with Gasteiger partial charge < -0.3 is 9.47 Å². The van der Waals surface area contributed by atoms with E-state index in [-0.39, 0.29) is 17.6 Å². The van der Waals surface area contributed by atoms with Crippen LogP contribution in [0.25, 0.3) is 5.82 Å². The van der Waals surface area contributed by atoms with E-state index >= 15 is 0 Å². The number of carbonyl (C=O) groups is 1. The molecule has 7 nitrogen and oxygen atoms in total. The maximum Gasteiger partial charge on any atom is 0.259 e. The molecule has 1 unspecified atom stereocenters. The van der Waals surface area contributed by atoms with Gasteiger partial charge in [-0.25, -0.2) is 8.42 Å². The Hall–Kier alpha value is -2.09. The molecule has 1 fully saturated rings. The Balaban J connectivity index is 1.80. The first kappa shape index (κ1) is 15.8. The molecule has 1 saturated heterocycles. The van der Waals surface area contributed by atoms with Gasteiger partial charge in [0.1, 0.15) is 21.2 Å². The van der Waals surface area contributed by atoms with Gasteiger partial charge in [-0.3, -0.25) is 9.48 Å². The smallest absolute Gasteiger partial charge is 0.259 e. The van der Waals surface area contributed by atoms with E-state index in [0.29, 0.717) is 24.5 Å². The lowest BCUT2D eigenvalue weighted by molar-refractivity contribution is 0.0788. The average molecular weight is 336 g/mol. The number of rotatable bonds is 4. The molecule has 2 aromatic rings. The molecule has 1 aliphatic rings. The van der Waals surface area contributed by atoms with Gasteiger partial charge in [0.25, 0.3) is 5.91 Å². The van der Waals surface area contributed by atoms with Crippen molar-refractivity contribution in [2.24, 2.45) is 13.0 Å². The highest BCUT2D eigenvalue weighted by atomic mass is 32.2. The average Bonchev–Trinajstić information content (AvgIpc) is 3.15.